The lowest BCUT2D eigenvalue weighted by atomic mass is 10.1. The van der Waals surface area contributed by atoms with Gasteiger partial charge in [0.25, 0.3) is 5.69 Å². The SMILES string of the molecule is CCOC(C)(C)CNCCc1ccccc1[N+](=O)[O-]. The van der Waals surface area contributed by atoms with Gasteiger partial charge in [0, 0.05) is 24.8 Å². The molecule has 0 aliphatic rings. The topological polar surface area (TPSA) is 64.4 Å². The van der Waals surface area contributed by atoms with Gasteiger partial charge in [0.15, 0.2) is 0 Å². The van der Waals surface area contributed by atoms with E-state index in [1.165, 1.54) is 0 Å². The molecule has 0 fully saturated rings. The van der Waals surface area contributed by atoms with Gasteiger partial charge in [0.05, 0.1) is 10.5 Å². The van der Waals surface area contributed by atoms with Crippen molar-refractivity contribution in [1.82, 2.24) is 5.32 Å². The van der Waals surface area contributed by atoms with Crippen LogP contribution in [-0.2, 0) is 11.2 Å². The Kier molecular flexibility index (Phi) is 5.92. The van der Waals surface area contributed by atoms with Crippen LogP contribution in [0.2, 0.25) is 0 Å². The number of ether oxygens (including phenoxy) is 1. The summed E-state index contributed by atoms with van der Waals surface area (Å²) in [6.07, 6.45) is 0.638. The van der Waals surface area contributed by atoms with Gasteiger partial charge in [-0.2, -0.15) is 0 Å². The molecule has 1 aromatic carbocycles. The Balaban J connectivity index is 2.44. The van der Waals surface area contributed by atoms with Crippen molar-refractivity contribution >= 4 is 5.69 Å². The van der Waals surface area contributed by atoms with Gasteiger partial charge in [-0.05, 0) is 33.7 Å². The number of rotatable bonds is 8. The molecule has 5 nitrogen and oxygen atoms in total. The number of nitrogens with one attached hydrogen (secondary N) is 1. The van der Waals surface area contributed by atoms with Crippen molar-refractivity contribution < 1.29 is 9.66 Å². The molecule has 1 aromatic rings. The predicted molar refractivity (Wildman–Crippen MR) is 75.4 cm³/mol. The van der Waals surface area contributed by atoms with Crippen molar-refractivity contribution in [3.05, 3.63) is 39.9 Å². The Morgan fingerprint density at radius 1 is 1.37 bits per heavy atom. The van der Waals surface area contributed by atoms with E-state index in [1.807, 2.05) is 26.8 Å². The minimum Gasteiger partial charge on any atom is -0.375 e. The Morgan fingerprint density at radius 3 is 2.68 bits per heavy atom. The Morgan fingerprint density at radius 2 is 2.05 bits per heavy atom. The Labute approximate surface area is 114 Å². The average Bonchev–Trinajstić information content (AvgIpc) is 2.35. The third-order valence-corrected chi connectivity index (χ3v) is 2.85. The zero-order valence-electron chi connectivity index (χ0n) is 11.8. The van der Waals surface area contributed by atoms with E-state index in [0.29, 0.717) is 19.6 Å². The molecule has 1 rings (SSSR count). The maximum Gasteiger partial charge on any atom is 0.272 e. The van der Waals surface area contributed by atoms with Gasteiger partial charge >= 0.3 is 0 Å². The second-order valence-corrected chi connectivity index (χ2v) is 5.01. The molecule has 0 radical (unpaired) electrons. The van der Waals surface area contributed by atoms with Crippen molar-refractivity contribution in [2.45, 2.75) is 32.8 Å². The summed E-state index contributed by atoms with van der Waals surface area (Å²) in [5, 5.41) is 14.1. The number of nitro groups is 1. The van der Waals surface area contributed by atoms with E-state index in [9.17, 15) is 10.1 Å². The zero-order valence-corrected chi connectivity index (χ0v) is 11.8. The van der Waals surface area contributed by atoms with Crippen LogP contribution in [0.1, 0.15) is 26.3 Å². The van der Waals surface area contributed by atoms with Crippen molar-refractivity contribution in [1.29, 1.82) is 0 Å². The lowest BCUT2D eigenvalue weighted by molar-refractivity contribution is -0.385. The minimum atomic E-state index is -0.334. The van der Waals surface area contributed by atoms with Crippen molar-refractivity contribution in [2.24, 2.45) is 0 Å². The highest BCUT2D eigenvalue weighted by Crippen LogP contribution is 2.17. The standard InChI is InChI=1S/C14H22N2O3/c1-4-19-14(2,3)11-15-10-9-12-7-5-6-8-13(12)16(17)18/h5-8,15H,4,9-11H2,1-3H3. The first-order valence-corrected chi connectivity index (χ1v) is 6.53. The van der Waals surface area contributed by atoms with E-state index in [-0.39, 0.29) is 16.2 Å². The third kappa shape index (κ3) is 5.36. The molecule has 1 N–H and O–H groups in total. The number of nitrogens with zero attached hydrogens (tertiary/aromatic N) is 1. The molecule has 0 unspecified atom stereocenters. The molecule has 0 saturated carbocycles. The van der Waals surface area contributed by atoms with Gasteiger partial charge in [-0.1, -0.05) is 18.2 Å². The molecule has 0 aliphatic heterocycles. The van der Waals surface area contributed by atoms with Crippen LogP contribution in [-0.4, -0.2) is 30.2 Å². The van der Waals surface area contributed by atoms with Crippen molar-refractivity contribution in [3.8, 4) is 0 Å². The highest BCUT2D eigenvalue weighted by molar-refractivity contribution is 5.39. The smallest absolute Gasteiger partial charge is 0.272 e. The van der Waals surface area contributed by atoms with E-state index in [0.717, 1.165) is 12.1 Å². The molecule has 0 bridgehead atoms. The quantitative estimate of drug-likeness (QED) is 0.446. The number of benzene rings is 1. The molecule has 106 valence electrons. The lowest BCUT2D eigenvalue weighted by Crippen LogP contribution is -2.38. The second-order valence-electron chi connectivity index (χ2n) is 5.01. The summed E-state index contributed by atoms with van der Waals surface area (Å²) < 4.78 is 5.57. The molecule has 0 atom stereocenters. The molecular weight excluding hydrogens is 244 g/mol. The fourth-order valence-corrected chi connectivity index (χ4v) is 1.95. The summed E-state index contributed by atoms with van der Waals surface area (Å²) in [7, 11) is 0. The fraction of sp³-hybridized carbons (Fsp3) is 0.571. The Hall–Kier alpha value is -1.46. The average molecular weight is 266 g/mol. The Bertz CT molecular complexity index is 419. The molecule has 0 amide bonds. The van der Waals surface area contributed by atoms with Crippen LogP contribution >= 0.6 is 0 Å². The van der Waals surface area contributed by atoms with E-state index >= 15 is 0 Å². The summed E-state index contributed by atoms with van der Waals surface area (Å²) in [6, 6.07) is 6.85. The summed E-state index contributed by atoms with van der Waals surface area (Å²) in [5.74, 6) is 0. The predicted octanol–water partition coefficient (Wildman–Crippen LogP) is 2.54. The normalized spacial score (nSPS) is 11.5. The summed E-state index contributed by atoms with van der Waals surface area (Å²) in [5.41, 5.74) is 0.736. The molecule has 0 spiro atoms. The van der Waals surface area contributed by atoms with E-state index in [4.69, 9.17) is 4.74 Å². The largest absolute Gasteiger partial charge is 0.375 e. The van der Waals surface area contributed by atoms with Crippen LogP contribution in [0.4, 0.5) is 5.69 Å². The van der Waals surface area contributed by atoms with Gasteiger partial charge in [0.2, 0.25) is 0 Å². The van der Waals surface area contributed by atoms with Gasteiger partial charge in [-0.3, -0.25) is 10.1 Å². The summed E-state index contributed by atoms with van der Waals surface area (Å²) in [6.45, 7) is 8.11. The highest BCUT2D eigenvalue weighted by atomic mass is 16.6. The number of nitro benzene ring substituents is 1. The van der Waals surface area contributed by atoms with Gasteiger partial charge < -0.3 is 10.1 Å². The third-order valence-electron chi connectivity index (χ3n) is 2.85. The molecule has 19 heavy (non-hydrogen) atoms. The minimum absolute atomic E-state index is 0.188. The molecule has 0 heterocycles. The second kappa shape index (κ2) is 7.21. The molecule has 5 heteroatoms. The highest BCUT2D eigenvalue weighted by Gasteiger charge is 2.17. The first-order valence-electron chi connectivity index (χ1n) is 6.53. The van der Waals surface area contributed by atoms with Gasteiger partial charge in [-0.25, -0.2) is 0 Å². The molecule has 0 saturated heterocycles. The van der Waals surface area contributed by atoms with Gasteiger partial charge in [0.1, 0.15) is 0 Å². The first kappa shape index (κ1) is 15.6. The fourth-order valence-electron chi connectivity index (χ4n) is 1.95. The van der Waals surface area contributed by atoms with Gasteiger partial charge in [-0.15, -0.1) is 0 Å². The van der Waals surface area contributed by atoms with E-state index < -0.39 is 0 Å². The lowest BCUT2D eigenvalue weighted by Gasteiger charge is -2.25. The summed E-state index contributed by atoms with van der Waals surface area (Å²) in [4.78, 5) is 10.5. The molecule has 0 aliphatic carbocycles. The van der Waals surface area contributed by atoms with Crippen LogP contribution in [0.3, 0.4) is 0 Å². The number of hydrogen-bond donors (Lipinski definition) is 1. The van der Waals surface area contributed by atoms with Crippen molar-refractivity contribution in [3.63, 3.8) is 0 Å². The van der Waals surface area contributed by atoms with Crippen LogP contribution in [0.5, 0.6) is 0 Å². The molecular formula is C14H22N2O3. The maximum atomic E-state index is 10.9. The van der Waals surface area contributed by atoms with Crippen LogP contribution in [0.15, 0.2) is 24.3 Å². The van der Waals surface area contributed by atoms with Crippen LogP contribution in [0.25, 0.3) is 0 Å². The van der Waals surface area contributed by atoms with E-state index in [1.54, 1.807) is 18.2 Å². The zero-order chi connectivity index (χ0) is 14.3. The first-order chi connectivity index (χ1) is 8.96. The van der Waals surface area contributed by atoms with Crippen LogP contribution < -0.4 is 5.32 Å². The number of hydrogen-bond acceptors (Lipinski definition) is 4. The van der Waals surface area contributed by atoms with Crippen LogP contribution in [0, 0.1) is 10.1 Å². The summed E-state index contributed by atoms with van der Waals surface area (Å²) >= 11 is 0. The molecule has 0 aromatic heterocycles. The van der Waals surface area contributed by atoms with E-state index in [2.05, 4.69) is 5.32 Å². The number of para-hydroxylation sites is 1. The van der Waals surface area contributed by atoms with Crippen molar-refractivity contribution in [2.75, 3.05) is 19.7 Å². The maximum absolute atomic E-state index is 10.9. The monoisotopic (exact) mass is 266 g/mol.